The largest absolute Gasteiger partial charge is 0.330 e. The van der Waals surface area contributed by atoms with Gasteiger partial charge in [0.15, 0.2) is 0 Å². The van der Waals surface area contributed by atoms with Gasteiger partial charge in [-0.3, -0.25) is 19.1 Å². The summed E-state index contributed by atoms with van der Waals surface area (Å²) in [6.07, 6.45) is 5.76. The fraction of sp³-hybridized carbons (Fsp3) is 0.300. The first-order valence-corrected chi connectivity index (χ1v) is 8.93. The molecule has 0 radical (unpaired) electrons. The number of nitrogens with zero attached hydrogens (tertiary/aromatic N) is 4. The summed E-state index contributed by atoms with van der Waals surface area (Å²) in [6.45, 7) is 0.513. The molecule has 4 heterocycles. The number of carbonyl (C=O) groups is 1. The number of rotatable bonds is 1. The molecular formula is C20H18N4O2. The Morgan fingerprint density at radius 3 is 2.65 bits per heavy atom. The molecule has 2 aromatic heterocycles. The second-order valence-electron chi connectivity index (χ2n) is 7.00. The van der Waals surface area contributed by atoms with Crippen molar-refractivity contribution in [2.75, 3.05) is 0 Å². The van der Waals surface area contributed by atoms with Crippen molar-refractivity contribution in [3.05, 3.63) is 70.5 Å². The van der Waals surface area contributed by atoms with Crippen molar-refractivity contribution in [3.63, 3.8) is 0 Å². The normalized spacial score (nSPS) is 21.5. The molecule has 2 unspecified atom stereocenters. The van der Waals surface area contributed by atoms with Gasteiger partial charge >= 0.3 is 0 Å². The van der Waals surface area contributed by atoms with Gasteiger partial charge in [-0.15, -0.1) is 0 Å². The summed E-state index contributed by atoms with van der Waals surface area (Å²) in [5, 5.41) is 0.640. The SMILES string of the molecule is O=C(c1ccncc1)N1C2CCC1Cn1c(nc3ccccc3c1=O)C2. The lowest BCUT2D eigenvalue weighted by Crippen LogP contribution is -2.42. The van der Waals surface area contributed by atoms with Crippen LogP contribution in [0.1, 0.15) is 29.0 Å². The molecule has 5 rings (SSSR count). The fourth-order valence-corrected chi connectivity index (χ4v) is 4.30. The third kappa shape index (κ3) is 2.25. The van der Waals surface area contributed by atoms with Crippen LogP contribution in [-0.4, -0.2) is 37.4 Å². The molecule has 1 aromatic carbocycles. The van der Waals surface area contributed by atoms with Crippen molar-refractivity contribution in [2.24, 2.45) is 0 Å². The summed E-state index contributed by atoms with van der Waals surface area (Å²) in [7, 11) is 0. The quantitative estimate of drug-likeness (QED) is 0.676. The highest BCUT2D eigenvalue weighted by atomic mass is 16.2. The van der Waals surface area contributed by atoms with Crippen molar-refractivity contribution < 1.29 is 4.79 Å². The average Bonchev–Trinajstić information content (AvgIpc) is 2.98. The maximum atomic E-state index is 13.1. The van der Waals surface area contributed by atoms with Crippen LogP contribution in [0.4, 0.5) is 0 Å². The van der Waals surface area contributed by atoms with E-state index in [1.165, 1.54) is 0 Å². The Morgan fingerprint density at radius 2 is 1.81 bits per heavy atom. The summed E-state index contributed by atoms with van der Waals surface area (Å²) < 4.78 is 1.78. The van der Waals surface area contributed by atoms with Crippen LogP contribution in [-0.2, 0) is 13.0 Å². The molecule has 0 N–H and O–H groups in total. The first-order valence-electron chi connectivity index (χ1n) is 8.93. The molecule has 2 aliphatic heterocycles. The first kappa shape index (κ1) is 15.3. The Kier molecular flexibility index (Phi) is 3.38. The lowest BCUT2D eigenvalue weighted by Gasteiger charge is -2.27. The molecule has 26 heavy (non-hydrogen) atoms. The van der Waals surface area contributed by atoms with Crippen molar-refractivity contribution in [2.45, 2.75) is 37.9 Å². The summed E-state index contributed by atoms with van der Waals surface area (Å²) in [5.41, 5.74) is 1.37. The number of hydrogen-bond donors (Lipinski definition) is 0. The van der Waals surface area contributed by atoms with Crippen molar-refractivity contribution in [1.29, 1.82) is 0 Å². The van der Waals surface area contributed by atoms with Gasteiger partial charge < -0.3 is 4.90 Å². The van der Waals surface area contributed by atoms with E-state index in [0.29, 0.717) is 23.9 Å². The molecule has 130 valence electrons. The Bertz CT molecular complexity index is 1060. The third-order valence-electron chi connectivity index (χ3n) is 5.53. The molecule has 0 saturated carbocycles. The number of benzene rings is 1. The lowest BCUT2D eigenvalue weighted by molar-refractivity contribution is 0.0665. The minimum absolute atomic E-state index is 0.00513. The standard InChI is InChI=1S/C20H18N4O2/c25-19(13-7-9-21-10-8-13)24-14-5-6-15(24)12-23-18(11-14)22-17-4-2-1-3-16(17)20(23)26/h1-4,7-10,14-15H,5-6,11-12H2. The van der Waals surface area contributed by atoms with Gasteiger partial charge in [0, 0.05) is 37.0 Å². The average molecular weight is 346 g/mol. The van der Waals surface area contributed by atoms with Crippen LogP contribution in [0.15, 0.2) is 53.6 Å². The first-order chi connectivity index (χ1) is 12.7. The maximum Gasteiger partial charge on any atom is 0.261 e. The zero-order chi connectivity index (χ0) is 17.7. The van der Waals surface area contributed by atoms with E-state index in [0.717, 1.165) is 24.2 Å². The Labute approximate surface area is 150 Å². The van der Waals surface area contributed by atoms with E-state index < -0.39 is 0 Å². The van der Waals surface area contributed by atoms with Gasteiger partial charge in [-0.2, -0.15) is 0 Å². The van der Waals surface area contributed by atoms with Crippen molar-refractivity contribution in [1.82, 2.24) is 19.4 Å². The molecule has 1 saturated heterocycles. The number of carbonyl (C=O) groups excluding carboxylic acids is 1. The van der Waals surface area contributed by atoms with Gasteiger partial charge in [-0.25, -0.2) is 4.98 Å². The van der Waals surface area contributed by atoms with Crippen LogP contribution in [0.25, 0.3) is 10.9 Å². The minimum atomic E-state index is -0.00513. The Morgan fingerprint density at radius 1 is 1.04 bits per heavy atom. The molecule has 2 aliphatic rings. The molecule has 3 aromatic rings. The second-order valence-corrected chi connectivity index (χ2v) is 7.00. The highest BCUT2D eigenvalue weighted by Crippen LogP contribution is 2.32. The van der Waals surface area contributed by atoms with E-state index in [1.807, 2.05) is 29.2 Å². The summed E-state index contributed by atoms with van der Waals surface area (Å²) in [6, 6.07) is 11.1. The summed E-state index contributed by atoms with van der Waals surface area (Å²) in [4.78, 5) is 36.7. The number of amides is 1. The third-order valence-corrected chi connectivity index (χ3v) is 5.53. The van der Waals surface area contributed by atoms with Crippen LogP contribution in [0, 0.1) is 0 Å². The van der Waals surface area contributed by atoms with Gasteiger partial charge in [-0.1, -0.05) is 12.1 Å². The summed E-state index contributed by atoms with van der Waals surface area (Å²) in [5.74, 6) is 0.804. The second kappa shape index (κ2) is 5.76. The monoisotopic (exact) mass is 346 g/mol. The number of para-hydroxylation sites is 1. The van der Waals surface area contributed by atoms with Gasteiger partial charge in [-0.05, 0) is 37.1 Å². The van der Waals surface area contributed by atoms with Crippen molar-refractivity contribution in [3.8, 4) is 0 Å². The van der Waals surface area contributed by atoms with E-state index in [1.54, 1.807) is 29.1 Å². The molecule has 2 bridgehead atoms. The zero-order valence-electron chi connectivity index (χ0n) is 14.2. The van der Waals surface area contributed by atoms with Crippen LogP contribution >= 0.6 is 0 Å². The minimum Gasteiger partial charge on any atom is -0.330 e. The van der Waals surface area contributed by atoms with Gasteiger partial charge in [0.2, 0.25) is 0 Å². The van der Waals surface area contributed by atoms with E-state index >= 15 is 0 Å². The number of aromatic nitrogens is 3. The molecule has 6 nitrogen and oxygen atoms in total. The number of pyridine rings is 1. The molecule has 0 aliphatic carbocycles. The predicted molar refractivity (Wildman–Crippen MR) is 96.9 cm³/mol. The Balaban J connectivity index is 1.59. The van der Waals surface area contributed by atoms with Gasteiger partial charge in [0.25, 0.3) is 11.5 Å². The lowest BCUT2D eigenvalue weighted by atomic mass is 10.1. The maximum absolute atomic E-state index is 13.1. The van der Waals surface area contributed by atoms with Crippen molar-refractivity contribution >= 4 is 16.8 Å². The predicted octanol–water partition coefficient (Wildman–Crippen LogP) is 2.02. The van der Waals surface area contributed by atoms with E-state index in [9.17, 15) is 9.59 Å². The highest BCUT2D eigenvalue weighted by Gasteiger charge is 2.40. The van der Waals surface area contributed by atoms with Crippen LogP contribution in [0.3, 0.4) is 0 Å². The molecule has 0 spiro atoms. The fourth-order valence-electron chi connectivity index (χ4n) is 4.30. The van der Waals surface area contributed by atoms with Gasteiger partial charge in [0.05, 0.1) is 16.9 Å². The van der Waals surface area contributed by atoms with E-state index in [4.69, 9.17) is 4.98 Å². The van der Waals surface area contributed by atoms with E-state index in [2.05, 4.69) is 4.98 Å². The van der Waals surface area contributed by atoms with Crippen LogP contribution in [0.5, 0.6) is 0 Å². The topological polar surface area (TPSA) is 68.1 Å². The number of fused-ring (bicyclic) bond motifs is 4. The molecular weight excluding hydrogens is 328 g/mol. The molecule has 1 fully saturated rings. The number of hydrogen-bond acceptors (Lipinski definition) is 4. The van der Waals surface area contributed by atoms with Crippen LogP contribution in [0.2, 0.25) is 0 Å². The van der Waals surface area contributed by atoms with Crippen LogP contribution < -0.4 is 5.56 Å². The zero-order valence-corrected chi connectivity index (χ0v) is 14.2. The highest BCUT2D eigenvalue weighted by molar-refractivity contribution is 5.94. The Hall–Kier alpha value is -3.02. The molecule has 6 heteroatoms. The molecule has 1 amide bonds. The molecule has 2 atom stereocenters. The summed E-state index contributed by atoms with van der Waals surface area (Å²) >= 11 is 0. The van der Waals surface area contributed by atoms with E-state index in [-0.39, 0.29) is 23.6 Å². The smallest absolute Gasteiger partial charge is 0.261 e. The van der Waals surface area contributed by atoms with Gasteiger partial charge in [0.1, 0.15) is 5.82 Å².